The fourth-order valence-electron chi connectivity index (χ4n) is 2.54. The number of hydrogen-bond donors (Lipinski definition) is 0. The van der Waals surface area contributed by atoms with Crippen LogP contribution in [0.15, 0.2) is 70.5 Å². The molecule has 0 aromatic heterocycles. The lowest BCUT2D eigenvalue weighted by Crippen LogP contribution is -1.92. The van der Waals surface area contributed by atoms with Crippen LogP contribution in [-0.2, 0) is 0 Å². The molecule has 0 unspecified atom stereocenters. The molecular formula is C22H19NS3. The van der Waals surface area contributed by atoms with Crippen molar-refractivity contribution in [3.63, 3.8) is 0 Å². The monoisotopic (exact) mass is 393 g/mol. The summed E-state index contributed by atoms with van der Waals surface area (Å²) in [5.74, 6) is 1.17. The summed E-state index contributed by atoms with van der Waals surface area (Å²) in [6.45, 7) is 2.22. The van der Waals surface area contributed by atoms with E-state index in [4.69, 9.17) is 17.5 Å². The molecule has 0 spiro atoms. The van der Waals surface area contributed by atoms with Crippen LogP contribution in [0.1, 0.15) is 30.9 Å². The Morgan fingerprint density at radius 1 is 0.962 bits per heavy atom. The van der Waals surface area contributed by atoms with Gasteiger partial charge in [0.15, 0.2) is 0 Å². The summed E-state index contributed by atoms with van der Waals surface area (Å²) in [4.78, 5) is 2.38. The molecule has 0 amide bonds. The van der Waals surface area contributed by atoms with E-state index in [-0.39, 0.29) is 0 Å². The number of fused-ring (bicyclic) bond motifs is 1. The Morgan fingerprint density at radius 3 is 2.38 bits per heavy atom. The Hall–Kier alpha value is -1.80. The van der Waals surface area contributed by atoms with Crippen LogP contribution in [0.25, 0.3) is 10.8 Å². The number of nitriles is 1. The minimum absolute atomic E-state index is 0.665. The van der Waals surface area contributed by atoms with E-state index in [2.05, 4.69) is 49.4 Å². The molecule has 4 heteroatoms. The lowest BCUT2D eigenvalue weighted by atomic mass is 10.1. The molecule has 0 saturated carbocycles. The molecule has 0 saturated heterocycles. The van der Waals surface area contributed by atoms with E-state index in [1.165, 1.54) is 34.3 Å². The van der Waals surface area contributed by atoms with Gasteiger partial charge in [-0.15, -0.1) is 11.8 Å². The van der Waals surface area contributed by atoms with Gasteiger partial charge in [-0.05, 0) is 71.0 Å². The predicted molar refractivity (Wildman–Crippen MR) is 118 cm³/mol. The maximum absolute atomic E-state index is 8.88. The largest absolute Gasteiger partial charge is 0.192 e. The van der Waals surface area contributed by atoms with Gasteiger partial charge in [0, 0.05) is 9.79 Å². The standard InChI is InChI=1S/C22H19NS3/c1-2-3-12-25-21-11-8-17-13-19(7-6-18(17)14-21)22(24)26-20-9-4-16(15-23)5-10-20/h4-11,13-14H,2-3,12H2,1H3. The molecule has 26 heavy (non-hydrogen) atoms. The maximum atomic E-state index is 8.88. The van der Waals surface area contributed by atoms with Gasteiger partial charge in [-0.3, -0.25) is 0 Å². The van der Waals surface area contributed by atoms with Gasteiger partial charge in [0.1, 0.15) is 0 Å². The summed E-state index contributed by atoms with van der Waals surface area (Å²) in [6, 6.07) is 22.7. The minimum atomic E-state index is 0.665. The smallest absolute Gasteiger partial charge is 0.0991 e. The summed E-state index contributed by atoms with van der Waals surface area (Å²) in [5, 5.41) is 11.3. The van der Waals surface area contributed by atoms with Gasteiger partial charge in [0.2, 0.25) is 0 Å². The van der Waals surface area contributed by atoms with Crippen LogP contribution in [0.2, 0.25) is 0 Å². The van der Waals surface area contributed by atoms with Crippen LogP contribution in [0.4, 0.5) is 0 Å². The fraction of sp³-hybridized carbons (Fsp3) is 0.182. The highest BCUT2D eigenvalue weighted by Crippen LogP contribution is 2.28. The van der Waals surface area contributed by atoms with Crippen LogP contribution in [0.5, 0.6) is 0 Å². The first kappa shape index (κ1) is 19.0. The molecule has 0 N–H and O–H groups in total. The van der Waals surface area contributed by atoms with E-state index in [0.717, 1.165) is 14.7 Å². The Labute approximate surface area is 168 Å². The lowest BCUT2D eigenvalue weighted by molar-refractivity contribution is 0.896. The number of benzene rings is 3. The van der Waals surface area contributed by atoms with Gasteiger partial charge in [-0.1, -0.05) is 55.5 Å². The third-order valence-electron chi connectivity index (χ3n) is 4.01. The van der Waals surface area contributed by atoms with Crippen molar-refractivity contribution in [1.29, 1.82) is 5.26 Å². The molecule has 0 bridgehead atoms. The van der Waals surface area contributed by atoms with Gasteiger partial charge in [0.25, 0.3) is 0 Å². The third kappa shape index (κ3) is 4.88. The summed E-state index contributed by atoms with van der Waals surface area (Å²) in [6.07, 6.45) is 2.49. The first-order chi connectivity index (χ1) is 12.7. The second kappa shape index (κ2) is 9.23. The quantitative estimate of drug-likeness (QED) is 0.254. The SMILES string of the molecule is CCCCSc1ccc2cc(C(=S)Sc3ccc(C#N)cc3)ccc2c1. The molecule has 0 aliphatic rings. The normalized spacial score (nSPS) is 10.6. The molecule has 3 aromatic rings. The molecule has 0 heterocycles. The first-order valence-electron chi connectivity index (χ1n) is 8.58. The summed E-state index contributed by atoms with van der Waals surface area (Å²) in [5.41, 5.74) is 1.73. The molecule has 0 radical (unpaired) electrons. The van der Waals surface area contributed by atoms with Crippen LogP contribution in [0, 0.1) is 11.3 Å². The number of hydrogen-bond acceptors (Lipinski definition) is 4. The number of unbranched alkanes of at least 4 members (excludes halogenated alkanes) is 1. The highest BCUT2D eigenvalue weighted by atomic mass is 32.2. The van der Waals surface area contributed by atoms with Crippen molar-refractivity contribution in [3.05, 3.63) is 71.8 Å². The van der Waals surface area contributed by atoms with E-state index < -0.39 is 0 Å². The zero-order chi connectivity index (χ0) is 18.4. The average Bonchev–Trinajstić information content (AvgIpc) is 2.68. The van der Waals surface area contributed by atoms with E-state index in [0.29, 0.717) is 5.56 Å². The van der Waals surface area contributed by atoms with Gasteiger partial charge in [-0.25, -0.2) is 0 Å². The van der Waals surface area contributed by atoms with E-state index >= 15 is 0 Å². The molecule has 0 atom stereocenters. The Morgan fingerprint density at radius 2 is 1.65 bits per heavy atom. The summed E-state index contributed by atoms with van der Waals surface area (Å²) >= 11 is 9.10. The van der Waals surface area contributed by atoms with Gasteiger partial charge in [0.05, 0.1) is 15.8 Å². The molecule has 3 rings (SSSR count). The van der Waals surface area contributed by atoms with Crippen LogP contribution in [0.3, 0.4) is 0 Å². The van der Waals surface area contributed by atoms with Crippen LogP contribution in [-0.4, -0.2) is 9.95 Å². The molecule has 130 valence electrons. The second-order valence-corrected chi connectivity index (χ2v) is 8.87. The maximum Gasteiger partial charge on any atom is 0.0991 e. The Bertz CT molecular complexity index is 955. The average molecular weight is 394 g/mol. The molecule has 0 aliphatic heterocycles. The zero-order valence-corrected chi connectivity index (χ0v) is 17.0. The minimum Gasteiger partial charge on any atom is -0.192 e. The fourth-order valence-corrected chi connectivity index (χ4v) is 4.73. The van der Waals surface area contributed by atoms with Crippen molar-refractivity contribution in [1.82, 2.24) is 0 Å². The molecule has 0 fully saturated rings. The van der Waals surface area contributed by atoms with Crippen LogP contribution >= 0.6 is 35.7 Å². The van der Waals surface area contributed by atoms with Crippen molar-refractivity contribution in [2.45, 2.75) is 29.6 Å². The number of thiocarbonyl (C=S) groups is 1. The van der Waals surface area contributed by atoms with E-state index in [9.17, 15) is 0 Å². The molecule has 1 nitrogen and oxygen atoms in total. The number of thioether (sulfide) groups is 2. The van der Waals surface area contributed by atoms with Gasteiger partial charge in [-0.2, -0.15) is 5.26 Å². The predicted octanol–water partition coefficient (Wildman–Crippen LogP) is 7.07. The Balaban J connectivity index is 1.74. The first-order valence-corrected chi connectivity index (χ1v) is 10.8. The summed E-state index contributed by atoms with van der Waals surface area (Å²) < 4.78 is 0.845. The second-order valence-electron chi connectivity index (χ2n) is 5.95. The van der Waals surface area contributed by atoms with Crippen molar-refractivity contribution in [2.24, 2.45) is 0 Å². The lowest BCUT2D eigenvalue weighted by Gasteiger charge is -2.07. The number of nitrogens with zero attached hydrogens (tertiary/aromatic N) is 1. The van der Waals surface area contributed by atoms with Gasteiger partial charge < -0.3 is 0 Å². The van der Waals surface area contributed by atoms with Gasteiger partial charge >= 0.3 is 0 Å². The van der Waals surface area contributed by atoms with Crippen LogP contribution < -0.4 is 0 Å². The topological polar surface area (TPSA) is 23.8 Å². The third-order valence-corrected chi connectivity index (χ3v) is 6.50. The van der Waals surface area contributed by atoms with E-state index in [1.807, 2.05) is 36.0 Å². The van der Waals surface area contributed by atoms with Crippen molar-refractivity contribution in [3.8, 4) is 6.07 Å². The van der Waals surface area contributed by atoms with Crippen molar-refractivity contribution < 1.29 is 0 Å². The molecule has 0 aliphatic carbocycles. The zero-order valence-electron chi connectivity index (χ0n) is 14.6. The molecule has 3 aromatic carbocycles. The van der Waals surface area contributed by atoms with Crippen molar-refractivity contribution in [2.75, 3.05) is 5.75 Å². The highest BCUT2D eigenvalue weighted by molar-refractivity contribution is 8.23. The summed E-state index contributed by atoms with van der Waals surface area (Å²) in [7, 11) is 0. The highest BCUT2D eigenvalue weighted by Gasteiger charge is 2.06. The van der Waals surface area contributed by atoms with E-state index in [1.54, 1.807) is 11.8 Å². The Kier molecular flexibility index (Phi) is 6.73. The molecular weight excluding hydrogens is 374 g/mol. The van der Waals surface area contributed by atoms with Crippen molar-refractivity contribution >= 4 is 50.7 Å². The number of rotatable bonds is 6.